The molecule has 4 heteroatoms. The second-order valence-corrected chi connectivity index (χ2v) is 4.79. The Balaban J connectivity index is 2.49. The second kappa shape index (κ2) is 6.48. The lowest BCUT2D eigenvalue weighted by molar-refractivity contribution is 0.278. The molecule has 0 aliphatic heterocycles. The highest BCUT2D eigenvalue weighted by atomic mass is 16.3. The van der Waals surface area contributed by atoms with Crippen LogP contribution in [0.25, 0.3) is 11.3 Å². The van der Waals surface area contributed by atoms with E-state index in [0.717, 1.165) is 24.1 Å². The van der Waals surface area contributed by atoms with E-state index < -0.39 is 0 Å². The smallest absolute Gasteiger partial charge is 0.272 e. The summed E-state index contributed by atoms with van der Waals surface area (Å²) < 4.78 is 1.44. The predicted molar refractivity (Wildman–Crippen MR) is 79.5 cm³/mol. The SMILES string of the molecule is CCCn1nc(-c2ccc(CC)cc2)cc(CO)c1=O. The zero-order chi connectivity index (χ0) is 14.5. The minimum absolute atomic E-state index is 0.205. The standard InChI is InChI=1S/C16H20N2O2/c1-3-9-18-16(20)14(11-19)10-15(17-18)13-7-5-12(4-2)6-8-13/h5-8,10,19H,3-4,9,11H2,1-2H3. The highest BCUT2D eigenvalue weighted by Crippen LogP contribution is 2.17. The Bertz CT molecular complexity index is 630. The van der Waals surface area contributed by atoms with Crippen molar-refractivity contribution in [3.63, 3.8) is 0 Å². The molecular weight excluding hydrogens is 252 g/mol. The van der Waals surface area contributed by atoms with Crippen LogP contribution in [0.4, 0.5) is 0 Å². The zero-order valence-electron chi connectivity index (χ0n) is 12.0. The molecule has 0 aliphatic rings. The third-order valence-electron chi connectivity index (χ3n) is 3.31. The first kappa shape index (κ1) is 14.5. The maximum absolute atomic E-state index is 12.0. The van der Waals surface area contributed by atoms with Crippen molar-refractivity contribution in [3.05, 3.63) is 51.8 Å². The fourth-order valence-corrected chi connectivity index (χ4v) is 2.13. The number of hydrogen-bond acceptors (Lipinski definition) is 3. The Morgan fingerprint density at radius 3 is 2.45 bits per heavy atom. The summed E-state index contributed by atoms with van der Waals surface area (Å²) in [5.41, 5.74) is 3.14. The van der Waals surface area contributed by atoms with Crippen LogP contribution in [0.5, 0.6) is 0 Å². The van der Waals surface area contributed by atoms with Crippen molar-refractivity contribution in [3.8, 4) is 11.3 Å². The van der Waals surface area contributed by atoms with Crippen LogP contribution in [0.3, 0.4) is 0 Å². The molecule has 0 radical (unpaired) electrons. The highest BCUT2D eigenvalue weighted by molar-refractivity contribution is 5.59. The molecule has 2 rings (SSSR count). The number of nitrogens with zero attached hydrogens (tertiary/aromatic N) is 2. The van der Waals surface area contributed by atoms with E-state index in [0.29, 0.717) is 12.1 Å². The van der Waals surface area contributed by atoms with Gasteiger partial charge in [0.2, 0.25) is 0 Å². The van der Waals surface area contributed by atoms with E-state index in [1.165, 1.54) is 10.2 Å². The normalized spacial score (nSPS) is 10.8. The van der Waals surface area contributed by atoms with Gasteiger partial charge in [-0.05, 0) is 24.5 Å². The van der Waals surface area contributed by atoms with Crippen LogP contribution >= 0.6 is 0 Å². The van der Waals surface area contributed by atoms with E-state index in [1.807, 2.05) is 19.1 Å². The number of rotatable bonds is 5. The van der Waals surface area contributed by atoms with Gasteiger partial charge in [0.1, 0.15) is 0 Å². The fourth-order valence-electron chi connectivity index (χ4n) is 2.13. The minimum Gasteiger partial charge on any atom is -0.391 e. The van der Waals surface area contributed by atoms with E-state index in [1.54, 1.807) is 6.07 Å². The number of aryl methyl sites for hydroxylation is 2. The fraction of sp³-hybridized carbons (Fsp3) is 0.375. The first-order valence-electron chi connectivity index (χ1n) is 7.00. The lowest BCUT2D eigenvalue weighted by Crippen LogP contribution is -2.26. The summed E-state index contributed by atoms with van der Waals surface area (Å²) in [6, 6.07) is 9.80. The van der Waals surface area contributed by atoms with Gasteiger partial charge in [0.25, 0.3) is 5.56 Å². The number of hydrogen-bond donors (Lipinski definition) is 1. The Kier molecular flexibility index (Phi) is 4.69. The Morgan fingerprint density at radius 2 is 1.90 bits per heavy atom. The van der Waals surface area contributed by atoms with Crippen molar-refractivity contribution in [2.75, 3.05) is 0 Å². The molecule has 20 heavy (non-hydrogen) atoms. The van der Waals surface area contributed by atoms with Crippen LogP contribution in [-0.2, 0) is 19.6 Å². The quantitative estimate of drug-likeness (QED) is 0.909. The Hall–Kier alpha value is -1.94. The van der Waals surface area contributed by atoms with E-state index in [2.05, 4.69) is 24.2 Å². The molecule has 4 nitrogen and oxygen atoms in total. The van der Waals surface area contributed by atoms with Gasteiger partial charge in [-0.15, -0.1) is 0 Å². The van der Waals surface area contributed by atoms with Crippen LogP contribution in [0.15, 0.2) is 35.1 Å². The molecule has 0 spiro atoms. The molecule has 0 amide bonds. The lowest BCUT2D eigenvalue weighted by atomic mass is 10.1. The monoisotopic (exact) mass is 272 g/mol. The van der Waals surface area contributed by atoms with Gasteiger partial charge in [-0.2, -0.15) is 5.10 Å². The van der Waals surface area contributed by atoms with Crippen molar-refractivity contribution in [2.24, 2.45) is 0 Å². The van der Waals surface area contributed by atoms with E-state index in [9.17, 15) is 9.90 Å². The molecule has 0 bridgehead atoms. The summed E-state index contributed by atoms with van der Waals surface area (Å²) in [6.45, 7) is 4.41. The predicted octanol–water partition coefficient (Wildman–Crippen LogP) is 2.38. The lowest BCUT2D eigenvalue weighted by Gasteiger charge is -2.09. The molecule has 0 atom stereocenters. The molecule has 0 aliphatic carbocycles. The summed E-state index contributed by atoms with van der Waals surface area (Å²) in [6.07, 6.45) is 1.82. The minimum atomic E-state index is -0.259. The molecule has 0 fully saturated rings. The largest absolute Gasteiger partial charge is 0.391 e. The molecule has 1 aromatic carbocycles. The zero-order valence-corrected chi connectivity index (χ0v) is 12.0. The number of aromatic nitrogens is 2. The molecule has 1 aromatic heterocycles. The molecule has 0 unspecified atom stereocenters. The maximum Gasteiger partial charge on any atom is 0.272 e. The molecule has 0 saturated carbocycles. The van der Waals surface area contributed by atoms with E-state index in [-0.39, 0.29) is 12.2 Å². The highest BCUT2D eigenvalue weighted by Gasteiger charge is 2.09. The number of benzene rings is 1. The van der Waals surface area contributed by atoms with Gasteiger partial charge in [-0.3, -0.25) is 4.79 Å². The van der Waals surface area contributed by atoms with Crippen molar-refractivity contribution >= 4 is 0 Å². The van der Waals surface area contributed by atoms with Crippen LogP contribution < -0.4 is 5.56 Å². The van der Waals surface area contributed by atoms with Crippen molar-refractivity contribution in [2.45, 2.75) is 39.8 Å². The van der Waals surface area contributed by atoms with Crippen molar-refractivity contribution < 1.29 is 5.11 Å². The number of aliphatic hydroxyl groups excluding tert-OH is 1. The topological polar surface area (TPSA) is 55.1 Å². The van der Waals surface area contributed by atoms with Crippen molar-refractivity contribution in [1.29, 1.82) is 0 Å². The first-order chi connectivity index (χ1) is 9.69. The molecular formula is C16H20N2O2. The van der Waals surface area contributed by atoms with Gasteiger partial charge >= 0.3 is 0 Å². The van der Waals surface area contributed by atoms with Gasteiger partial charge in [0, 0.05) is 17.7 Å². The van der Waals surface area contributed by atoms with Gasteiger partial charge in [0.05, 0.1) is 12.3 Å². The van der Waals surface area contributed by atoms with Crippen LogP contribution in [0.1, 0.15) is 31.4 Å². The number of aliphatic hydroxyl groups is 1. The molecule has 1 N–H and O–H groups in total. The Morgan fingerprint density at radius 1 is 1.20 bits per heavy atom. The van der Waals surface area contributed by atoms with E-state index >= 15 is 0 Å². The summed E-state index contributed by atoms with van der Waals surface area (Å²) in [4.78, 5) is 12.0. The maximum atomic E-state index is 12.0. The van der Waals surface area contributed by atoms with Gasteiger partial charge in [-0.25, -0.2) is 4.68 Å². The van der Waals surface area contributed by atoms with Crippen LogP contribution in [-0.4, -0.2) is 14.9 Å². The van der Waals surface area contributed by atoms with Crippen LogP contribution in [0, 0.1) is 0 Å². The summed E-state index contributed by atoms with van der Waals surface area (Å²) in [5, 5.41) is 13.7. The third kappa shape index (κ3) is 2.96. The Labute approximate surface area is 118 Å². The molecule has 2 aromatic rings. The van der Waals surface area contributed by atoms with Gasteiger partial charge in [-0.1, -0.05) is 38.1 Å². The average molecular weight is 272 g/mol. The average Bonchev–Trinajstić information content (AvgIpc) is 2.49. The van der Waals surface area contributed by atoms with E-state index in [4.69, 9.17) is 0 Å². The first-order valence-corrected chi connectivity index (χ1v) is 7.00. The van der Waals surface area contributed by atoms with Crippen molar-refractivity contribution in [1.82, 2.24) is 9.78 Å². The molecule has 106 valence electrons. The van der Waals surface area contributed by atoms with Gasteiger partial charge in [0.15, 0.2) is 0 Å². The summed E-state index contributed by atoms with van der Waals surface area (Å²) in [5.74, 6) is 0. The van der Waals surface area contributed by atoms with Crippen LogP contribution in [0.2, 0.25) is 0 Å². The van der Waals surface area contributed by atoms with Gasteiger partial charge < -0.3 is 5.11 Å². The summed E-state index contributed by atoms with van der Waals surface area (Å²) >= 11 is 0. The molecule has 1 heterocycles. The second-order valence-electron chi connectivity index (χ2n) is 4.79. The summed E-state index contributed by atoms with van der Waals surface area (Å²) in [7, 11) is 0. The molecule has 0 saturated heterocycles. The third-order valence-corrected chi connectivity index (χ3v) is 3.31.